The summed E-state index contributed by atoms with van der Waals surface area (Å²) >= 11 is 0. The minimum absolute atomic E-state index is 0.182. The van der Waals surface area contributed by atoms with E-state index in [4.69, 9.17) is 0 Å². The molecule has 0 heterocycles. The Morgan fingerprint density at radius 3 is 2.62 bits per heavy atom. The third-order valence-corrected chi connectivity index (χ3v) is 5.67. The van der Waals surface area contributed by atoms with Crippen molar-refractivity contribution in [1.82, 2.24) is 10.0 Å². The number of hydrogen-bond donors (Lipinski definition) is 3. The van der Waals surface area contributed by atoms with Crippen molar-refractivity contribution in [3.8, 4) is 0 Å². The molecule has 6 nitrogen and oxygen atoms in total. The number of amides is 1. The topological polar surface area (TPSA) is 87.3 Å². The molecule has 2 rings (SSSR count). The zero-order chi connectivity index (χ0) is 17.6. The molecule has 1 amide bonds. The second kappa shape index (κ2) is 8.30. The van der Waals surface area contributed by atoms with Gasteiger partial charge >= 0.3 is 0 Å². The van der Waals surface area contributed by atoms with E-state index in [-0.39, 0.29) is 17.3 Å². The van der Waals surface area contributed by atoms with Gasteiger partial charge in [-0.2, -0.15) is 0 Å². The molecule has 0 radical (unpaired) electrons. The van der Waals surface area contributed by atoms with Gasteiger partial charge < -0.3 is 10.6 Å². The van der Waals surface area contributed by atoms with Crippen LogP contribution in [0, 0.1) is 0 Å². The van der Waals surface area contributed by atoms with Crippen LogP contribution in [0.15, 0.2) is 35.7 Å². The van der Waals surface area contributed by atoms with Gasteiger partial charge in [0.2, 0.25) is 15.9 Å². The highest BCUT2D eigenvalue weighted by atomic mass is 32.2. The number of benzene rings is 1. The largest absolute Gasteiger partial charge is 0.382 e. The van der Waals surface area contributed by atoms with Crippen molar-refractivity contribution in [3.05, 3.63) is 36.4 Å². The van der Waals surface area contributed by atoms with Crippen LogP contribution < -0.4 is 15.4 Å². The van der Waals surface area contributed by atoms with Crippen LogP contribution in [0.3, 0.4) is 0 Å². The first-order valence-electron chi connectivity index (χ1n) is 8.19. The van der Waals surface area contributed by atoms with Crippen molar-refractivity contribution >= 4 is 21.6 Å². The van der Waals surface area contributed by atoms with E-state index in [1.165, 1.54) is 32.4 Å². The summed E-state index contributed by atoms with van der Waals surface area (Å²) < 4.78 is 26.3. The zero-order valence-corrected chi connectivity index (χ0v) is 14.8. The van der Waals surface area contributed by atoms with E-state index in [0.717, 1.165) is 24.1 Å². The quantitative estimate of drug-likeness (QED) is 0.657. The summed E-state index contributed by atoms with van der Waals surface area (Å²) in [6.07, 6.45) is 7.07. The summed E-state index contributed by atoms with van der Waals surface area (Å²) in [5.74, 6) is -0.291. The van der Waals surface area contributed by atoms with Gasteiger partial charge in [-0.25, -0.2) is 13.1 Å². The maximum Gasteiger partial charge on any atom is 0.243 e. The molecule has 0 aliphatic heterocycles. The Labute approximate surface area is 143 Å². The highest BCUT2D eigenvalue weighted by Gasteiger charge is 2.17. The fourth-order valence-electron chi connectivity index (χ4n) is 2.86. The van der Waals surface area contributed by atoms with Gasteiger partial charge in [0.1, 0.15) is 0 Å². The molecule has 0 bridgehead atoms. The van der Waals surface area contributed by atoms with Crippen LogP contribution in [-0.2, 0) is 21.4 Å². The molecule has 0 aromatic heterocycles. The first-order valence-corrected chi connectivity index (χ1v) is 9.68. The molecule has 1 fully saturated rings. The molecule has 1 aromatic carbocycles. The minimum Gasteiger partial charge on any atom is -0.382 e. The van der Waals surface area contributed by atoms with Gasteiger partial charge in [-0.05, 0) is 49.7 Å². The Morgan fingerprint density at radius 2 is 2.00 bits per heavy atom. The molecule has 0 spiro atoms. The molecule has 1 aliphatic rings. The zero-order valence-electron chi connectivity index (χ0n) is 14.0. The maximum absolute atomic E-state index is 12.0. The summed E-state index contributed by atoms with van der Waals surface area (Å²) in [6.45, 7) is 3.67. The summed E-state index contributed by atoms with van der Waals surface area (Å²) in [5, 5.41) is 6.21. The van der Waals surface area contributed by atoms with E-state index in [0.29, 0.717) is 6.04 Å². The monoisotopic (exact) mass is 351 g/mol. The number of carbonyl (C=O) groups excluding carboxylic acids is 1. The lowest BCUT2D eigenvalue weighted by Crippen LogP contribution is -2.26. The Balaban J connectivity index is 2.26. The predicted octanol–water partition coefficient (Wildman–Crippen LogP) is 2.14. The lowest BCUT2D eigenvalue weighted by Gasteiger charge is -2.25. The van der Waals surface area contributed by atoms with Crippen molar-refractivity contribution in [3.63, 3.8) is 0 Å². The molecule has 0 atom stereocenters. The van der Waals surface area contributed by atoms with Crippen LogP contribution in [0.2, 0.25) is 0 Å². The van der Waals surface area contributed by atoms with E-state index in [1.807, 2.05) is 0 Å². The first-order chi connectivity index (χ1) is 11.5. The predicted molar refractivity (Wildman–Crippen MR) is 95.2 cm³/mol. The summed E-state index contributed by atoms with van der Waals surface area (Å²) in [6, 6.07) is 5.34. The van der Waals surface area contributed by atoms with Crippen molar-refractivity contribution in [2.45, 2.75) is 49.6 Å². The average Bonchev–Trinajstić information content (AvgIpc) is 2.61. The number of nitrogens with one attached hydrogen (secondary N) is 3. The lowest BCUT2D eigenvalue weighted by atomic mass is 9.95. The molecule has 132 valence electrons. The second-order valence-corrected chi connectivity index (χ2v) is 7.81. The van der Waals surface area contributed by atoms with Crippen LogP contribution in [-0.4, -0.2) is 27.4 Å². The van der Waals surface area contributed by atoms with Crippen molar-refractivity contribution < 1.29 is 13.2 Å². The van der Waals surface area contributed by atoms with E-state index < -0.39 is 10.0 Å². The molecule has 1 aromatic rings. The van der Waals surface area contributed by atoms with Gasteiger partial charge in [-0.1, -0.05) is 25.8 Å². The standard InChI is InChI=1S/C17H25N3O3S/c1-3-17(21)19-12-13-11-15(24(22,23)18-2)9-10-16(13)20-14-7-5-4-6-8-14/h3,9-11,14,18,20H,1,4-8,12H2,2H3,(H,19,21). The number of carbonyl (C=O) groups is 1. The molecule has 0 saturated heterocycles. The summed E-state index contributed by atoms with van der Waals surface area (Å²) in [7, 11) is -2.15. The SMILES string of the molecule is C=CC(=O)NCc1cc(S(=O)(=O)NC)ccc1NC1CCCCC1. The van der Waals surface area contributed by atoms with Gasteiger partial charge in [0, 0.05) is 18.3 Å². The Morgan fingerprint density at radius 1 is 1.29 bits per heavy atom. The van der Waals surface area contributed by atoms with E-state index in [9.17, 15) is 13.2 Å². The van der Waals surface area contributed by atoms with Gasteiger partial charge in [-0.15, -0.1) is 0 Å². The van der Waals surface area contributed by atoms with Crippen LogP contribution >= 0.6 is 0 Å². The number of hydrogen-bond acceptors (Lipinski definition) is 4. The van der Waals surface area contributed by atoms with Gasteiger partial charge in [0.25, 0.3) is 0 Å². The summed E-state index contributed by atoms with van der Waals surface area (Å²) in [4.78, 5) is 11.6. The van der Waals surface area contributed by atoms with Crippen LogP contribution in [0.25, 0.3) is 0 Å². The van der Waals surface area contributed by atoms with E-state index >= 15 is 0 Å². The fourth-order valence-corrected chi connectivity index (χ4v) is 3.64. The number of anilines is 1. The molecule has 1 aliphatic carbocycles. The fraction of sp³-hybridized carbons (Fsp3) is 0.471. The molecule has 7 heteroatoms. The van der Waals surface area contributed by atoms with E-state index in [2.05, 4.69) is 21.9 Å². The Bertz CT molecular complexity index is 695. The maximum atomic E-state index is 12.0. The second-order valence-electron chi connectivity index (χ2n) is 5.93. The highest BCUT2D eigenvalue weighted by Crippen LogP contribution is 2.26. The van der Waals surface area contributed by atoms with Gasteiger partial charge in [-0.3, -0.25) is 4.79 Å². The first kappa shape index (κ1) is 18.5. The average molecular weight is 351 g/mol. The van der Waals surface area contributed by atoms with Crippen molar-refractivity contribution in [2.75, 3.05) is 12.4 Å². The molecular weight excluding hydrogens is 326 g/mol. The molecular formula is C17H25N3O3S. The molecule has 0 unspecified atom stereocenters. The Hall–Kier alpha value is -1.86. The van der Waals surface area contributed by atoms with Gasteiger partial charge in [0.05, 0.1) is 4.90 Å². The van der Waals surface area contributed by atoms with Crippen LogP contribution in [0.4, 0.5) is 5.69 Å². The normalized spacial score (nSPS) is 15.7. The molecule has 1 saturated carbocycles. The van der Waals surface area contributed by atoms with Crippen molar-refractivity contribution in [1.29, 1.82) is 0 Å². The number of rotatable bonds is 7. The third-order valence-electron chi connectivity index (χ3n) is 4.26. The Kier molecular flexibility index (Phi) is 6.39. The molecule has 3 N–H and O–H groups in total. The minimum atomic E-state index is -3.53. The van der Waals surface area contributed by atoms with Gasteiger partial charge in [0.15, 0.2) is 0 Å². The lowest BCUT2D eigenvalue weighted by molar-refractivity contribution is -0.116. The van der Waals surface area contributed by atoms with Crippen LogP contribution in [0.5, 0.6) is 0 Å². The van der Waals surface area contributed by atoms with E-state index in [1.54, 1.807) is 18.2 Å². The smallest absolute Gasteiger partial charge is 0.243 e. The number of sulfonamides is 1. The van der Waals surface area contributed by atoms with Crippen molar-refractivity contribution in [2.24, 2.45) is 0 Å². The molecule has 24 heavy (non-hydrogen) atoms. The summed E-state index contributed by atoms with van der Waals surface area (Å²) in [5.41, 5.74) is 1.61. The third kappa shape index (κ3) is 4.82. The highest BCUT2D eigenvalue weighted by molar-refractivity contribution is 7.89. The van der Waals surface area contributed by atoms with Crippen LogP contribution in [0.1, 0.15) is 37.7 Å².